The van der Waals surface area contributed by atoms with Gasteiger partial charge in [0.25, 0.3) is 0 Å². The molecule has 0 saturated carbocycles. The predicted octanol–water partition coefficient (Wildman–Crippen LogP) is 4.78. The molecule has 5 heteroatoms. The third-order valence-corrected chi connectivity index (χ3v) is 4.49. The zero-order valence-electron chi connectivity index (χ0n) is 14.7. The van der Waals surface area contributed by atoms with Crippen molar-refractivity contribution in [3.05, 3.63) is 76.4 Å². The molecule has 0 saturated heterocycles. The number of nitrogens with zero attached hydrogens (tertiary/aromatic N) is 1. The number of ether oxygens (including phenoxy) is 1. The highest BCUT2D eigenvalue weighted by molar-refractivity contribution is 6.30. The molecule has 26 heavy (non-hydrogen) atoms. The second-order valence-corrected chi connectivity index (χ2v) is 6.36. The van der Waals surface area contributed by atoms with Gasteiger partial charge in [-0.3, -0.25) is 0 Å². The Hall–Kier alpha value is -2.56. The molecule has 0 spiro atoms. The number of hydrogen-bond acceptors (Lipinski definition) is 3. The molecule has 0 aliphatic rings. The Kier molecular flexibility index (Phi) is 5.45. The first kappa shape index (κ1) is 18.2. The van der Waals surface area contributed by atoms with E-state index in [1.807, 2.05) is 66.1 Å². The van der Waals surface area contributed by atoms with Gasteiger partial charge in [0.05, 0.1) is 24.5 Å². The van der Waals surface area contributed by atoms with Crippen LogP contribution in [0.15, 0.2) is 54.6 Å². The van der Waals surface area contributed by atoms with Gasteiger partial charge >= 0.3 is 5.97 Å². The molecule has 4 nitrogen and oxygen atoms in total. The molecule has 0 atom stereocenters. The van der Waals surface area contributed by atoms with Gasteiger partial charge in [-0.2, -0.15) is 0 Å². The SMILES string of the molecule is CCOC(=O)c1cc(-c2ccc(Cl)cc2)n(-c2cccc(CO)c2)c1C. The van der Waals surface area contributed by atoms with Crippen LogP contribution in [0.25, 0.3) is 16.9 Å². The minimum Gasteiger partial charge on any atom is -0.462 e. The molecule has 1 N–H and O–H groups in total. The number of esters is 1. The molecular weight excluding hydrogens is 350 g/mol. The van der Waals surface area contributed by atoms with Crippen molar-refractivity contribution in [1.29, 1.82) is 0 Å². The topological polar surface area (TPSA) is 51.5 Å². The zero-order chi connectivity index (χ0) is 18.7. The summed E-state index contributed by atoms with van der Waals surface area (Å²) in [6, 6.07) is 16.9. The third kappa shape index (κ3) is 3.52. The number of halogens is 1. The number of carbonyl (C=O) groups excluding carboxylic acids is 1. The van der Waals surface area contributed by atoms with Crippen LogP contribution in [-0.4, -0.2) is 22.2 Å². The van der Waals surface area contributed by atoms with E-state index < -0.39 is 0 Å². The van der Waals surface area contributed by atoms with Gasteiger partial charge in [-0.1, -0.05) is 35.9 Å². The normalized spacial score (nSPS) is 10.8. The summed E-state index contributed by atoms with van der Waals surface area (Å²) < 4.78 is 7.19. The highest BCUT2D eigenvalue weighted by Crippen LogP contribution is 2.31. The minimum absolute atomic E-state index is 0.0465. The molecule has 1 aromatic heterocycles. The van der Waals surface area contributed by atoms with Gasteiger partial charge in [0.2, 0.25) is 0 Å². The van der Waals surface area contributed by atoms with Crippen molar-refractivity contribution in [2.75, 3.05) is 6.61 Å². The molecule has 3 rings (SSSR count). The molecule has 0 aliphatic heterocycles. The van der Waals surface area contributed by atoms with E-state index in [4.69, 9.17) is 16.3 Å². The van der Waals surface area contributed by atoms with E-state index >= 15 is 0 Å². The summed E-state index contributed by atoms with van der Waals surface area (Å²) in [7, 11) is 0. The van der Waals surface area contributed by atoms with Crippen LogP contribution >= 0.6 is 11.6 Å². The molecule has 0 bridgehead atoms. The maximum absolute atomic E-state index is 12.4. The van der Waals surface area contributed by atoms with Crippen molar-refractivity contribution in [3.8, 4) is 16.9 Å². The smallest absolute Gasteiger partial charge is 0.339 e. The Morgan fingerprint density at radius 2 is 1.88 bits per heavy atom. The lowest BCUT2D eigenvalue weighted by atomic mass is 10.1. The van der Waals surface area contributed by atoms with Crippen molar-refractivity contribution in [2.24, 2.45) is 0 Å². The lowest BCUT2D eigenvalue weighted by Crippen LogP contribution is -2.07. The lowest BCUT2D eigenvalue weighted by molar-refractivity contribution is 0.0525. The second-order valence-electron chi connectivity index (χ2n) is 5.92. The maximum Gasteiger partial charge on any atom is 0.339 e. The molecule has 0 amide bonds. The molecule has 0 unspecified atom stereocenters. The Morgan fingerprint density at radius 1 is 1.15 bits per heavy atom. The second kappa shape index (κ2) is 7.77. The number of hydrogen-bond donors (Lipinski definition) is 1. The Labute approximate surface area is 157 Å². The van der Waals surface area contributed by atoms with Gasteiger partial charge < -0.3 is 14.4 Å². The van der Waals surface area contributed by atoms with E-state index in [1.165, 1.54) is 0 Å². The lowest BCUT2D eigenvalue weighted by Gasteiger charge is -2.13. The Bertz CT molecular complexity index is 929. The molecule has 0 radical (unpaired) electrons. The van der Waals surface area contributed by atoms with Gasteiger partial charge in [0, 0.05) is 16.4 Å². The highest BCUT2D eigenvalue weighted by Gasteiger charge is 2.20. The maximum atomic E-state index is 12.4. The predicted molar refractivity (Wildman–Crippen MR) is 103 cm³/mol. The van der Waals surface area contributed by atoms with E-state index in [0.717, 1.165) is 28.2 Å². The standard InChI is InChI=1S/C21H20ClNO3/c1-3-26-21(25)19-12-20(16-7-9-17(22)10-8-16)23(14(19)2)18-6-4-5-15(11-18)13-24/h4-12,24H,3,13H2,1-2H3. The van der Waals surface area contributed by atoms with Gasteiger partial charge in [-0.25, -0.2) is 4.79 Å². The quantitative estimate of drug-likeness (QED) is 0.659. The van der Waals surface area contributed by atoms with Gasteiger partial charge in [-0.05, 0) is 55.3 Å². The summed E-state index contributed by atoms with van der Waals surface area (Å²) in [5.74, 6) is -0.350. The minimum atomic E-state index is -0.350. The molecule has 3 aromatic rings. The Morgan fingerprint density at radius 3 is 2.54 bits per heavy atom. The van der Waals surface area contributed by atoms with E-state index in [9.17, 15) is 9.90 Å². The highest BCUT2D eigenvalue weighted by atomic mass is 35.5. The summed E-state index contributed by atoms with van der Waals surface area (Å²) >= 11 is 6.01. The molecule has 0 fully saturated rings. The van der Waals surface area contributed by atoms with Crippen LogP contribution < -0.4 is 0 Å². The van der Waals surface area contributed by atoms with E-state index in [1.54, 1.807) is 6.92 Å². The monoisotopic (exact) mass is 369 g/mol. The van der Waals surface area contributed by atoms with E-state index in [-0.39, 0.29) is 12.6 Å². The largest absolute Gasteiger partial charge is 0.462 e. The zero-order valence-corrected chi connectivity index (χ0v) is 15.5. The van der Waals surface area contributed by atoms with Crippen LogP contribution in [0, 0.1) is 6.92 Å². The number of aliphatic hydroxyl groups excluding tert-OH is 1. The molecular formula is C21H20ClNO3. The van der Waals surface area contributed by atoms with Crippen LogP contribution in [0.4, 0.5) is 0 Å². The van der Waals surface area contributed by atoms with Crippen molar-refractivity contribution < 1.29 is 14.6 Å². The van der Waals surface area contributed by atoms with Crippen molar-refractivity contribution in [1.82, 2.24) is 4.57 Å². The van der Waals surface area contributed by atoms with Crippen LogP contribution in [0.1, 0.15) is 28.5 Å². The summed E-state index contributed by atoms with van der Waals surface area (Å²) in [6.07, 6.45) is 0. The Balaban J connectivity index is 2.22. The third-order valence-electron chi connectivity index (χ3n) is 4.23. The summed E-state index contributed by atoms with van der Waals surface area (Å²) in [6.45, 7) is 3.95. The van der Waals surface area contributed by atoms with Gasteiger partial charge in [0.1, 0.15) is 0 Å². The fraction of sp³-hybridized carbons (Fsp3) is 0.190. The molecule has 134 valence electrons. The van der Waals surface area contributed by atoms with E-state index in [0.29, 0.717) is 17.2 Å². The number of carbonyl (C=O) groups is 1. The molecule has 1 heterocycles. The summed E-state index contributed by atoms with van der Waals surface area (Å²) in [5, 5.41) is 10.1. The summed E-state index contributed by atoms with van der Waals surface area (Å²) in [4.78, 5) is 12.4. The van der Waals surface area contributed by atoms with Crippen LogP contribution in [0.2, 0.25) is 5.02 Å². The van der Waals surface area contributed by atoms with Crippen molar-refractivity contribution >= 4 is 17.6 Å². The first-order valence-corrected chi connectivity index (χ1v) is 8.78. The van der Waals surface area contributed by atoms with Crippen LogP contribution in [0.3, 0.4) is 0 Å². The van der Waals surface area contributed by atoms with Crippen LogP contribution in [-0.2, 0) is 11.3 Å². The number of aliphatic hydroxyl groups is 1. The summed E-state index contributed by atoms with van der Waals surface area (Å²) in [5.41, 5.74) is 4.76. The van der Waals surface area contributed by atoms with Crippen molar-refractivity contribution in [3.63, 3.8) is 0 Å². The van der Waals surface area contributed by atoms with E-state index in [2.05, 4.69) is 0 Å². The molecule has 2 aromatic carbocycles. The average Bonchev–Trinajstić information content (AvgIpc) is 3.00. The fourth-order valence-corrected chi connectivity index (χ4v) is 3.11. The molecule has 0 aliphatic carbocycles. The number of benzene rings is 2. The number of aromatic nitrogens is 1. The average molecular weight is 370 g/mol. The fourth-order valence-electron chi connectivity index (χ4n) is 2.98. The van der Waals surface area contributed by atoms with Crippen LogP contribution in [0.5, 0.6) is 0 Å². The number of rotatable bonds is 5. The van der Waals surface area contributed by atoms with Gasteiger partial charge in [-0.15, -0.1) is 0 Å². The first-order chi connectivity index (χ1) is 12.5. The van der Waals surface area contributed by atoms with Crippen molar-refractivity contribution in [2.45, 2.75) is 20.5 Å². The first-order valence-electron chi connectivity index (χ1n) is 8.40. The van der Waals surface area contributed by atoms with Gasteiger partial charge in [0.15, 0.2) is 0 Å².